The van der Waals surface area contributed by atoms with E-state index in [4.69, 9.17) is 4.74 Å². The number of ether oxygens (including phenoxy) is 1. The molecule has 7 heteroatoms. The molecular weight excluding hydrogens is 344 g/mol. The van der Waals surface area contributed by atoms with Crippen LogP contribution in [0.15, 0.2) is 42.7 Å². The van der Waals surface area contributed by atoms with Crippen molar-refractivity contribution >= 4 is 12.0 Å². The van der Waals surface area contributed by atoms with E-state index in [0.717, 1.165) is 11.1 Å². The zero-order valence-electron chi connectivity index (χ0n) is 15.8. The summed E-state index contributed by atoms with van der Waals surface area (Å²) >= 11 is 0. The molecule has 1 atom stereocenters. The van der Waals surface area contributed by atoms with Crippen molar-refractivity contribution < 1.29 is 14.3 Å². The quantitative estimate of drug-likeness (QED) is 0.900. The predicted molar refractivity (Wildman–Crippen MR) is 101 cm³/mol. The Labute approximate surface area is 158 Å². The normalized spacial score (nSPS) is 16.9. The molecule has 0 spiro atoms. The van der Waals surface area contributed by atoms with Gasteiger partial charge in [-0.1, -0.05) is 30.3 Å². The number of hydrogen-bond donors (Lipinski definition) is 1. The van der Waals surface area contributed by atoms with Gasteiger partial charge in [-0.3, -0.25) is 4.79 Å². The minimum absolute atomic E-state index is 0.116. The van der Waals surface area contributed by atoms with E-state index in [1.54, 1.807) is 17.3 Å². The lowest BCUT2D eigenvalue weighted by molar-refractivity contribution is 0.0290. The van der Waals surface area contributed by atoms with Crippen molar-refractivity contribution in [2.45, 2.75) is 38.8 Å². The summed E-state index contributed by atoms with van der Waals surface area (Å²) in [4.78, 5) is 34.4. The molecule has 0 radical (unpaired) electrons. The van der Waals surface area contributed by atoms with E-state index >= 15 is 0 Å². The van der Waals surface area contributed by atoms with Crippen molar-refractivity contribution in [1.82, 2.24) is 20.2 Å². The molecule has 1 aromatic heterocycles. The molecule has 0 aliphatic carbocycles. The third-order valence-electron chi connectivity index (χ3n) is 4.14. The number of carbonyl (C=O) groups excluding carboxylic acids is 2. The topological polar surface area (TPSA) is 84.4 Å². The van der Waals surface area contributed by atoms with Crippen molar-refractivity contribution in [3.63, 3.8) is 0 Å². The lowest BCUT2D eigenvalue weighted by Gasteiger charge is -2.24. The van der Waals surface area contributed by atoms with Crippen LogP contribution in [0.25, 0.3) is 11.1 Å². The SMILES string of the molecule is CC(C)(C)OC(=O)N1CC[C@@H](NC(=O)c2ncc(-c3ccccc3)cn2)C1. The van der Waals surface area contributed by atoms with Crippen LogP contribution >= 0.6 is 0 Å². The first-order valence-corrected chi connectivity index (χ1v) is 8.98. The summed E-state index contributed by atoms with van der Waals surface area (Å²) < 4.78 is 5.36. The number of amides is 2. The molecule has 1 aliphatic rings. The van der Waals surface area contributed by atoms with Gasteiger partial charge in [-0.2, -0.15) is 0 Å². The molecule has 2 amide bonds. The molecule has 1 N–H and O–H groups in total. The number of nitrogens with zero attached hydrogens (tertiary/aromatic N) is 3. The molecular formula is C20H24N4O3. The summed E-state index contributed by atoms with van der Waals surface area (Å²) in [5, 5.41) is 2.89. The number of carbonyl (C=O) groups is 2. The van der Waals surface area contributed by atoms with E-state index in [9.17, 15) is 9.59 Å². The first-order chi connectivity index (χ1) is 12.8. The van der Waals surface area contributed by atoms with Crippen LogP contribution in [0.3, 0.4) is 0 Å². The minimum Gasteiger partial charge on any atom is -0.444 e. The van der Waals surface area contributed by atoms with Crippen LogP contribution in [-0.2, 0) is 4.74 Å². The summed E-state index contributed by atoms with van der Waals surface area (Å²) in [5.41, 5.74) is 1.31. The molecule has 0 bridgehead atoms. The van der Waals surface area contributed by atoms with Gasteiger partial charge < -0.3 is 15.0 Å². The Kier molecular flexibility index (Phi) is 5.39. The van der Waals surface area contributed by atoms with E-state index in [1.807, 2.05) is 51.1 Å². The maximum absolute atomic E-state index is 12.4. The number of aromatic nitrogens is 2. The second-order valence-electron chi connectivity index (χ2n) is 7.55. The number of nitrogens with one attached hydrogen (secondary N) is 1. The Morgan fingerprint density at radius 3 is 2.41 bits per heavy atom. The van der Waals surface area contributed by atoms with Crippen molar-refractivity contribution in [2.75, 3.05) is 13.1 Å². The highest BCUT2D eigenvalue weighted by molar-refractivity contribution is 5.90. The molecule has 2 heterocycles. The monoisotopic (exact) mass is 368 g/mol. The van der Waals surface area contributed by atoms with E-state index in [2.05, 4.69) is 15.3 Å². The Balaban J connectivity index is 1.56. The molecule has 3 rings (SSSR count). The maximum Gasteiger partial charge on any atom is 0.410 e. The molecule has 2 aromatic rings. The number of benzene rings is 1. The largest absolute Gasteiger partial charge is 0.444 e. The average Bonchev–Trinajstić information content (AvgIpc) is 3.10. The summed E-state index contributed by atoms with van der Waals surface area (Å²) in [7, 11) is 0. The van der Waals surface area contributed by atoms with Crippen LogP contribution in [0, 0.1) is 0 Å². The van der Waals surface area contributed by atoms with Gasteiger partial charge in [0.1, 0.15) is 5.60 Å². The first kappa shape index (κ1) is 18.8. The smallest absolute Gasteiger partial charge is 0.410 e. The highest BCUT2D eigenvalue weighted by atomic mass is 16.6. The molecule has 1 aliphatic heterocycles. The van der Waals surface area contributed by atoms with Gasteiger partial charge >= 0.3 is 6.09 Å². The van der Waals surface area contributed by atoms with Crippen LogP contribution in [0.4, 0.5) is 4.79 Å². The van der Waals surface area contributed by atoms with Gasteiger partial charge in [-0.15, -0.1) is 0 Å². The van der Waals surface area contributed by atoms with Gasteiger partial charge in [0.05, 0.1) is 0 Å². The lowest BCUT2D eigenvalue weighted by atomic mass is 10.1. The summed E-state index contributed by atoms with van der Waals surface area (Å²) in [6, 6.07) is 9.60. The van der Waals surface area contributed by atoms with Gasteiger partial charge in [0, 0.05) is 37.1 Å². The second-order valence-corrected chi connectivity index (χ2v) is 7.55. The van der Waals surface area contributed by atoms with Crippen LogP contribution < -0.4 is 5.32 Å². The van der Waals surface area contributed by atoms with E-state index in [0.29, 0.717) is 19.5 Å². The Morgan fingerprint density at radius 2 is 1.78 bits per heavy atom. The zero-order chi connectivity index (χ0) is 19.4. The van der Waals surface area contributed by atoms with E-state index < -0.39 is 5.60 Å². The third-order valence-corrected chi connectivity index (χ3v) is 4.14. The molecule has 1 aromatic carbocycles. The van der Waals surface area contributed by atoms with Crippen molar-refractivity contribution in [1.29, 1.82) is 0 Å². The predicted octanol–water partition coefficient (Wildman–Crippen LogP) is 2.88. The van der Waals surface area contributed by atoms with Crippen molar-refractivity contribution in [2.24, 2.45) is 0 Å². The Hall–Kier alpha value is -2.96. The van der Waals surface area contributed by atoms with Crippen molar-refractivity contribution in [3.05, 3.63) is 48.5 Å². The number of hydrogen-bond acceptors (Lipinski definition) is 5. The van der Waals surface area contributed by atoms with Gasteiger partial charge in [-0.25, -0.2) is 14.8 Å². The van der Waals surface area contributed by atoms with Crippen LogP contribution in [0.2, 0.25) is 0 Å². The molecule has 1 fully saturated rings. The van der Waals surface area contributed by atoms with Gasteiger partial charge in [0.2, 0.25) is 5.82 Å². The summed E-state index contributed by atoms with van der Waals surface area (Å²) in [6.45, 7) is 6.46. The van der Waals surface area contributed by atoms with E-state index in [1.165, 1.54) is 0 Å². The fourth-order valence-corrected chi connectivity index (χ4v) is 2.85. The van der Waals surface area contributed by atoms with Crippen LogP contribution in [0.1, 0.15) is 37.8 Å². The summed E-state index contributed by atoms with van der Waals surface area (Å²) in [6.07, 6.45) is 3.59. The fraction of sp³-hybridized carbons (Fsp3) is 0.400. The van der Waals surface area contributed by atoms with E-state index in [-0.39, 0.29) is 23.9 Å². The Morgan fingerprint density at radius 1 is 1.11 bits per heavy atom. The highest BCUT2D eigenvalue weighted by Gasteiger charge is 2.31. The molecule has 7 nitrogen and oxygen atoms in total. The van der Waals surface area contributed by atoms with Gasteiger partial charge in [0.25, 0.3) is 5.91 Å². The second kappa shape index (κ2) is 7.73. The number of rotatable bonds is 3. The average molecular weight is 368 g/mol. The third kappa shape index (κ3) is 5.03. The maximum atomic E-state index is 12.4. The minimum atomic E-state index is -0.535. The highest BCUT2D eigenvalue weighted by Crippen LogP contribution is 2.17. The first-order valence-electron chi connectivity index (χ1n) is 8.98. The van der Waals surface area contributed by atoms with Crippen LogP contribution in [-0.4, -0.2) is 51.6 Å². The molecule has 142 valence electrons. The lowest BCUT2D eigenvalue weighted by Crippen LogP contribution is -2.40. The summed E-state index contributed by atoms with van der Waals surface area (Å²) in [5.74, 6) is -0.226. The van der Waals surface area contributed by atoms with Gasteiger partial charge in [-0.05, 0) is 32.8 Å². The van der Waals surface area contributed by atoms with Crippen molar-refractivity contribution in [3.8, 4) is 11.1 Å². The zero-order valence-corrected chi connectivity index (χ0v) is 15.8. The molecule has 0 saturated carbocycles. The van der Waals surface area contributed by atoms with Crippen LogP contribution in [0.5, 0.6) is 0 Å². The molecule has 0 unspecified atom stereocenters. The standard InChI is InChI=1S/C20H24N4O3/c1-20(2,3)27-19(26)24-10-9-16(13-24)23-18(25)17-21-11-15(12-22-17)14-7-5-4-6-8-14/h4-8,11-12,16H,9-10,13H2,1-3H3,(H,23,25)/t16-/m1/s1. The molecule has 27 heavy (non-hydrogen) atoms. The Bertz CT molecular complexity index is 800. The fourth-order valence-electron chi connectivity index (χ4n) is 2.85. The number of likely N-dealkylation sites (tertiary alicyclic amines) is 1. The molecule has 1 saturated heterocycles. The van der Waals surface area contributed by atoms with Gasteiger partial charge in [0.15, 0.2) is 0 Å².